The third-order valence-corrected chi connectivity index (χ3v) is 12.2. The van der Waals surface area contributed by atoms with Crippen molar-refractivity contribution in [2.75, 3.05) is 0 Å². The van der Waals surface area contributed by atoms with Gasteiger partial charge in [0.05, 0.1) is 0 Å². The van der Waals surface area contributed by atoms with Gasteiger partial charge in [0.15, 0.2) is 0 Å². The van der Waals surface area contributed by atoms with Crippen LogP contribution in [0.2, 0.25) is 0 Å². The van der Waals surface area contributed by atoms with Crippen LogP contribution in [0.5, 0.6) is 0 Å². The topological polar surface area (TPSA) is 14.1 Å². The molecule has 0 atom stereocenters. The van der Waals surface area contributed by atoms with E-state index in [0.29, 0.717) is 22.6 Å². The number of aryl methyl sites for hydroxylation is 2. The maximum absolute atomic E-state index is 5.51. The Balaban J connectivity index is 0.00000320. The third kappa shape index (κ3) is 5.37. The first-order chi connectivity index (χ1) is 13.7. The van der Waals surface area contributed by atoms with Gasteiger partial charge in [-0.25, -0.2) is 0 Å². The summed E-state index contributed by atoms with van der Waals surface area (Å²) in [5.74, 6) is 0. The van der Waals surface area contributed by atoms with Gasteiger partial charge in [0.2, 0.25) is 0 Å². The molecule has 1 radical (unpaired) electrons. The molecule has 1 nitrogen and oxygen atoms in total. The molecule has 0 amide bonds. The molecule has 2 aromatic rings. The molecule has 0 saturated heterocycles. The zero-order chi connectivity index (χ0) is 21.3. The molecular weight excluding hydrogens is 491 g/mol. The molecule has 0 fully saturated rings. The Morgan fingerprint density at radius 1 is 0.600 bits per heavy atom. The van der Waals surface area contributed by atoms with Crippen LogP contribution in [0.1, 0.15) is 66.5 Å². The first-order valence-corrected chi connectivity index (χ1v) is 14.2. The molecule has 4 heteroatoms. The van der Waals surface area contributed by atoms with Crippen molar-refractivity contribution in [1.29, 1.82) is 0 Å². The SMILES string of the molecule is CC(C)P(c1cccc2c1[N-]c1c(cccc1P(C(C)C)C(C)C)CC2)C(C)C.[Rh]. The predicted octanol–water partition coefficient (Wildman–Crippen LogP) is 7.97. The van der Waals surface area contributed by atoms with Gasteiger partial charge in [-0.3, -0.25) is 0 Å². The fraction of sp³-hybridized carbons (Fsp3) is 0.538. The zero-order valence-electron chi connectivity index (χ0n) is 19.9. The molecule has 30 heavy (non-hydrogen) atoms. The van der Waals surface area contributed by atoms with E-state index in [1.54, 1.807) is 0 Å². The van der Waals surface area contributed by atoms with Crippen molar-refractivity contribution in [1.82, 2.24) is 0 Å². The van der Waals surface area contributed by atoms with Gasteiger partial charge in [-0.05, 0) is 46.1 Å². The molecular formula is C26H38NP2Rh-. The zero-order valence-corrected chi connectivity index (χ0v) is 23.3. The van der Waals surface area contributed by atoms with Crippen LogP contribution in [0.15, 0.2) is 36.4 Å². The van der Waals surface area contributed by atoms with Crippen molar-refractivity contribution in [2.24, 2.45) is 0 Å². The summed E-state index contributed by atoms with van der Waals surface area (Å²) in [5, 5.41) is 8.54. The first-order valence-electron chi connectivity index (χ1n) is 11.2. The Kier molecular flexibility index (Phi) is 9.56. The molecule has 0 bridgehead atoms. The van der Waals surface area contributed by atoms with E-state index >= 15 is 0 Å². The standard InChI is InChI=1S/C26H38NP2.Rh/c1-17(2)28(18(3)4)23-13-9-11-21-15-16-22-12-10-14-24(26(22)27-25(21)23)29(19(5)6)20(7)8;/h9-14,17-20H,15-16H2,1-8H3;/q-1;. The van der Waals surface area contributed by atoms with Crippen molar-refractivity contribution in [3.63, 3.8) is 0 Å². The number of hydrogen-bond donors (Lipinski definition) is 0. The van der Waals surface area contributed by atoms with Gasteiger partial charge < -0.3 is 5.32 Å². The molecule has 0 spiro atoms. The Morgan fingerprint density at radius 2 is 0.933 bits per heavy atom. The maximum Gasteiger partial charge on any atom is 0 e. The average Bonchev–Trinajstić information content (AvgIpc) is 2.81. The van der Waals surface area contributed by atoms with E-state index in [9.17, 15) is 0 Å². The minimum absolute atomic E-state index is 0. The van der Waals surface area contributed by atoms with Gasteiger partial charge in [0.1, 0.15) is 0 Å². The van der Waals surface area contributed by atoms with Crippen LogP contribution >= 0.6 is 15.8 Å². The number of rotatable bonds is 6. The number of nitrogens with zero attached hydrogens (tertiary/aromatic N) is 1. The summed E-state index contributed by atoms with van der Waals surface area (Å²) >= 11 is 0. The van der Waals surface area contributed by atoms with Crippen LogP contribution in [0.25, 0.3) is 5.32 Å². The normalized spacial score (nSPS) is 13.5. The summed E-state index contributed by atoms with van der Waals surface area (Å²) in [6.45, 7) is 19.1. The van der Waals surface area contributed by atoms with Crippen molar-refractivity contribution >= 4 is 37.8 Å². The summed E-state index contributed by atoms with van der Waals surface area (Å²) in [4.78, 5) is 0. The Morgan fingerprint density at radius 3 is 1.23 bits per heavy atom. The van der Waals surface area contributed by atoms with Crippen molar-refractivity contribution in [3.05, 3.63) is 52.8 Å². The van der Waals surface area contributed by atoms with E-state index in [1.165, 1.54) is 33.1 Å². The fourth-order valence-corrected chi connectivity index (χ4v) is 10.9. The van der Waals surface area contributed by atoms with E-state index in [4.69, 9.17) is 5.32 Å². The largest absolute Gasteiger partial charge is 0.656 e. The Bertz CT molecular complexity index is 759. The predicted molar refractivity (Wildman–Crippen MR) is 137 cm³/mol. The molecule has 0 aromatic heterocycles. The second-order valence-corrected chi connectivity index (χ2v) is 16.1. The minimum Gasteiger partial charge on any atom is -0.656 e. The van der Waals surface area contributed by atoms with Gasteiger partial charge in [-0.2, -0.15) is 0 Å². The maximum atomic E-state index is 5.51. The minimum atomic E-state index is -0.228. The fourth-order valence-electron chi connectivity index (χ4n) is 4.92. The smallest absolute Gasteiger partial charge is 0 e. The number of fused-ring (bicyclic) bond motifs is 2. The molecule has 167 valence electrons. The van der Waals surface area contributed by atoms with Crippen molar-refractivity contribution < 1.29 is 19.5 Å². The van der Waals surface area contributed by atoms with Crippen molar-refractivity contribution in [3.8, 4) is 0 Å². The van der Waals surface area contributed by atoms with Crippen molar-refractivity contribution in [2.45, 2.75) is 90.9 Å². The van der Waals surface area contributed by atoms with E-state index in [2.05, 4.69) is 91.8 Å². The van der Waals surface area contributed by atoms with Gasteiger partial charge in [0, 0.05) is 19.5 Å². The van der Waals surface area contributed by atoms with E-state index in [1.807, 2.05) is 0 Å². The quantitative estimate of drug-likeness (QED) is 0.266. The van der Waals surface area contributed by atoms with Crippen LogP contribution in [-0.4, -0.2) is 22.6 Å². The number of hydrogen-bond acceptors (Lipinski definition) is 0. The monoisotopic (exact) mass is 529 g/mol. The summed E-state index contributed by atoms with van der Waals surface area (Å²) in [6, 6.07) is 13.9. The molecule has 3 rings (SSSR count). The Labute approximate surface area is 200 Å². The van der Waals surface area contributed by atoms with Crippen LogP contribution in [-0.2, 0) is 32.3 Å². The van der Waals surface area contributed by atoms with Gasteiger partial charge in [-0.15, -0.1) is 11.4 Å². The second-order valence-electron chi connectivity index (χ2n) is 9.37. The molecule has 1 aliphatic rings. The molecule has 2 aromatic carbocycles. The van der Waals surface area contributed by atoms with Crippen LogP contribution in [0, 0.1) is 0 Å². The van der Waals surface area contributed by atoms with Crippen LogP contribution < -0.4 is 10.6 Å². The molecule has 0 aliphatic carbocycles. The summed E-state index contributed by atoms with van der Waals surface area (Å²) in [7, 11) is -0.456. The Hall–Kier alpha value is -0.277. The van der Waals surface area contributed by atoms with E-state index < -0.39 is 0 Å². The third-order valence-electron chi connectivity index (χ3n) is 5.87. The summed E-state index contributed by atoms with van der Waals surface area (Å²) < 4.78 is 0. The molecule has 0 saturated carbocycles. The molecule has 0 N–H and O–H groups in total. The van der Waals surface area contributed by atoms with E-state index in [-0.39, 0.29) is 35.3 Å². The molecule has 1 aliphatic heterocycles. The summed E-state index contributed by atoms with van der Waals surface area (Å²) in [6.07, 6.45) is 2.20. The van der Waals surface area contributed by atoms with Crippen LogP contribution in [0.4, 0.5) is 11.4 Å². The first kappa shape index (κ1) is 26.0. The molecule has 0 unspecified atom stereocenters. The van der Waals surface area contributed by atoms with Crippen LogP contribution in [0.3, 0.4) is 0 Å². The van der Waals surface area contributed by atoms with E-state index in [0.717, 1.165) is 12.8 Å². The number of para-hydroxylation sites is 2. The van der Waals surface area contributed by atoms with Gasteiger partial charge in [-0.1, -0.05) is 119 Å². The molecule has 1 heterocycles. The second kappa shape index (κ2) is 11.0. The number of benzene rings is 2. The van der Waals surface area contributed by atoms with Gasteiger partial charge in [0.25, 0.3) is 0 Å². The van der Waals surface area contributed by atoms with Gasteiger partial charge >= 0.3 is 0 Å². The summed E-state index contributed by atoms with van der Waals surface area (Å²) in [5.41, 5.74) is 8.18. The average molecular weight is 529 g/mol.